The molecular weight excluding hydrogens is 378 g/mol. The fraction of sp³-hybridized carbons (Fsp3) is 0.333. The van der Waals surface area contributed by atoms with E-state index in [-0.39, 0.29) is 17.7 Å². The van der Waals surface area contributed by atoms with Gasteiger partial charge in [0.1, 0.15) is 11.8 Å². The van der Waals surface area contributed by atoms with Crippen LogP contribution in [0.4, 0.5) is 0 Å². The molecule has 2 N–H and O–H groups in total. The van der Waals surface area contributed by atoms with Gasteiger partial charge in [-0.2, -0.15) is 0 Å². The second-order valence-electron chi connectivity index (χ2n) is 7.45. The first-order valence-corrected chi connectivity index (χ1v) is 9.99. The lowest BCUT2D eigenvalue weighted by Crippen LogP contribution is -2.45. The largest absolute Gasteiger partial charge is 0.497 e. The zero-order valence-corrected chi connectivity index (χ0v) is 18.1. The van der Waals surface area contributed by atoms with Crippen LogP contribution in [0, 0.1) is 0 Å². The quantitative estimate of drug-likeness (QED) is 0.592. The molecule has 160 valence electrons. The molecule has 0 saturated carbocycles. The summed E-state index contributed by atoms with van der Waals surface area (Å²) in [6, 6.07) is 16.8. The fourth-order valence-corrected chi connectivity index (χ4v) is 3.04. The van der Waals surface area contributed by atoms with E-state index < -0.39 is 6.04 Å². The number of nitrogens with zero attached hydrogens (tertiary/aromatic N) is 1. The summed E-state index contributed by atoms with van der Waals surface area (Å²) in [6.45, 7) is 3.00. The average Bonchev–Trinajstić information content (AvgIpc) is 2.75. The summed E-state index contributed by atoms with van der Waals surface area (Å²) in [4.78, 5) is 26.7. The van der Waals surface area contributed by atoms with Crippen molar-refractivity contribution in [2.75, 3.05) is 34.3 Å². The molecule has 2 rings (SSSR count). The Morgan fingerprint density at radius 3 is 2.33 bits per heavy atom. The Hall–Kier alpha value is -3.12. The Balaban J connectivity index is 1.86. The van der Waals surface area contributed by atoms with Gasteiger partial charge in [-0.25, -0.2) is 0 Å². The third-order valence-electron chi connectivity index (χ3n) is 4.67. The third kappa shape index (κ3) is 7.72. The molecule has 0 radical (unpaired) electrons. The van der Waals surface area contributed by atoms with Crippen LogP contribution in [-0.2, 0) is 9.59 Å². The van der Waals surface area contributed by atoms with Gasteiger partial charge in [-0.3, -0.25) is 9.59 Å². The fourth-order valence-electron chi connectivity index (χ4n) is 3.04. The third-order valence-corrected chi connectivity index (χ3v) is 4.67. The minimum Gasteiger partial charge on any atom is -0.497 e. The molecule has 6 nitrogen and oxygen atoms in total. The molecule has 0 aliphatic carbocycles. The van der Waals surface area contributed by atoms with Crippen LogP contribution in [0.5, 0.6) is 5.75 Å². The van der Waals surface area contributed by atoms with E-state index in [0.717, 1.165) is 17.9 Å². The summed E-state index contributed by atoms with van der Waals surface area (Å²) in [6.07, 6.45) is 3.12. The molecule has 0 aliphatic heterocycles. The molecule has 6 heteroatoms. The Kier molecular flexibility index (Phi) is 9.09. The summed E-state index contributed by atoms with van der Waals surface area (Å²) in [5.74, 6) is 0.398. The van der Waals surface area contributed by atoms with Gasteiger partial charge in [0.15, 0.2) is 0 Å². The van der Waals surface area contributed by atoms with Gasteiger partial charge in [-0.1, -0.05) is 42.5 Å². The van der Waals surface area contributed by atoms with E-state index >= 15 is 0 Å². The maximum atomic E-state index is 12.5. The van der Waals surface area contributed by atoms with Crippen LogP contribution in [0.25, 0.3) is 6.08 Å². The monoisotopic (exact) mass is 409 g/mol. The summed E-state index contributed by atoms with van der Waals surface area (Å²) in [5.41, 5.74) is 2.04. The first-order valence-electron chi connectivity index (χ1n) is 9.99. The standard InChI is InChI=1S/C24H31N3O3/c1-18(26-23(28)15-12-19-10-13-22(30-4)14-11-19)24(29)25-16-21(17-27(2)3)20-8-6-5-7-9-20/h5-15,18,21H,16-17H2,1-4H3,(H,25,29)(H,26,28). The number of benzene rings is 2. The molecular formula is C24H31N3O3. The molecule has 30 heavy (non-hydrogen) atoms. The van der Waals surface area contributed by atoms with E-state index in [9.17, 15) is 9.59 Å². The van der Waals surface area contributed by atoms with Gasteiger partial charge in [0.2, 0.25) is 11.8 Å². The van der Waals surface area contributed by atoms with Crippen LogP contribution in [0.3, 0.4) is 0 Å². The Labute approximate surface area is 178 Å². The van der Waals surface area contributed by atoms with Crippen LogP contribution in [-0.4, -0.2) is 57.1 Å². The minimum absolute atomic E-state index is 0.169. The zero-order valence-electron chi connectivity index (χ0n) is 18.1. The van der Waals surface area contributed by atoms with Crippen LogP contribution in [0.2, 0.25) is 0 Å². The van der Waals surface area contributed by atoms with Crippen LogP contribution in [0.15, 0.2) is 60.7 Å². The molecule has 0 fully saturated rings. The van der Waals surface area contributed by atoms with Crippen molar-refractivity contribution in [1.29, 1.82) is 0 Å². The van der Waals surface area contributed by atoms with Gasteiger partial charge in [-0.15, -0.1) is 0 Å². The maximum absolute atomic E-state index is 12.5. The average molecular weight is 410 g/mol. The number of hydrogen-bond donors (Lipinski definition) is 2. The molecule has 2 aromatic carbocycles. The van der Waals surface area contributed by atoms with Crippen molar-refractivity contribution < 1.29 is 14.3 Å². The Bertz CT molecular complexity index is 833. The number of amides is 2. The van der Waals surface area contributed by atoms with Gasteiger partial charge >= 0.3 is 0 Å². The molecule has 2 aromatic rings. The number of carbonyl (C=O) groups is 2. The highest BCUT2D eigenvalue weighted by molar-refractivity contribution is 5.95. The highest BCUT2D eigenvalue weighted by Crippen LogP contribution is 2.15. The molecule has 0 aliphatic rings. The van der Waals surface area contributed by atoms with Crippen molar-refractivity contribution >= 4 is 17.9 Å². The van der Waals surface area contributed by atoms with E-state index in [2.05, 4.69) is 27.7 Å². The predicted octanol–water partition coefficient (Wildman–Crippen LogP) is 2.67. The second kappa shape index (κ2) is 11.8. The van der Waals surface area contributed by atoms with Gasteiger partial charge in [0, 0.05) is 25.1 Å². The van der Waals surface area contributed by atoms with Crippen molar-refractivity contribution in [3.63, 3.8) is 0 Å². The predicted molar refractivity (Wildman–Crippen MR) is 120 cm³/mol. The smallest absolute Gasteiger partial charge is 0.244 e. The SMILES string of the molecule is COc1ccc(C=CC(=O)NC(C)C(=O)NCC(CN(C)C)c2ccccc2)cc1. The highest BCUT2D eigenvalue weighted by Gasteiger charge is 2.18. The Morgan fingerprint density at radius 1 is 1.07 bits per heavy atom. The lowest BCUT2D eigenvalue weighted by Gasteiger charge is -2.23. The van der Waals surface area contributed by atoms with E-state index in [0.29, 0.717) is 6.54 Å². The molecule has 2 unspecified atom stereocenters. The van der Waals surface area contributed by atoms with E-state index in [1.165, 1.54) is 11.6 Å². The normalized spacial score (nSPS) is 13.1. The van der Waals surface area contributed by atoms with Crippen LogP contribution < -0.4 is 15.4 Å². The molecule has 2 atom stereocenters. The zero-order chi connectivity index (χ0) is 21.9. The summed E-state index contributed by atoms with van der Waals surface area (Å²) in [7, 11) is 5.62. The number of carbonyl (C=O) groups excluding carboxylic acids is 2. The first-order chi connectivity index (χ1) is 14.4. The number of nitrogens with one attached hydrogen (secondary N) is 2. The highest BCUT2D eigenvalue weighted by atomic mass is 16.5. The van der Waals surface area contributed by atoms with Crippen LogP contribution >= 0.6 is 0 Å². The van der Waals surface area contributed by atoms with Crippen LogP contribution in [0.1, 0.15) is 24.0 Å². The van der Waals surface area contributed by atoms with Gasteiger partial charge < -0.3 is 20.3 Å². The van der Waals surface area contributed by atoms with E-state index in [4.69, 9.17) is 4.74 Å². The number of rotatable bonds is 10. The van der Waals surface area contributed by atoms with Gasteiger partial charge in [-0.05, 0) is 50.4 Å². The number of likely N-dealkylation sites (N-methyl/N-ethyl adjacent to an activating group) is 1. The molecule has 0 spiro atoms. The lowest BCUT2D eigenvalue weighted by atomic mass is 9.98. The first kappa shape index (κ1) is 23.2. The van der Waals surface area contributed by atoms with E-state index in [1.54, 1.807) is 20.1 Å². The van der Waals surface area contributed by atoms with Crippen molar-refractivity contribution in [1.82, 2.24) is 15.5 Å². The Morgan fingerprint density at radius 2 is 1.73 bits per heavy atom. The van der Waals surface area contributed by atoms with Gasteiger partial charge in [0.25, 0.3) is 0 Å². The second-order valence-corrected chi connectivity index (χ2v) is 7.45. The topological polar surface area (TPSA) is 70.7 Å². The van der Waals surface area contributed by atoms with Crippen molar-refractivity contribution in [2.45, 2.75) is 18.9 Å². The molecule has 0 aromatic heterocycles. The van der Waals surface area contributed by atoms with E-state index in [1.807, 2.05) is 56.6 Å². The molecule has 2 amide bonds. The lowest BCUT2D eigenvalue weighted by molar-refractivity contribution is -0.126. The number of ether oxygens (including phenoxy) is 1. The summed E-state index contributed by atoms with van der Waals surface area (Å²) >= 11 is 0. The molecule has 0 saturated heterocycles. The number of methoxy groups -OCH3 is 1. The maximum Gasteiger partial charge on any atom is 0.244 e. The van der Waals surface area contributed by atoms with Crippen molar-refractivity contribution in [3.8, 4) is 5.75 Å². The minimum atomic E-state index is -0.631. The van der Waals surface area contributed by atoms with Crippen molar-refractivity contribution in [3.05, 3.63) is 71.8 Å². The van der Waals surface area contributed by atoms with Crippen molar-refractivity contribution in [2.24, 2.45) is 0 Å². The summed E-state index contributed by atoms with van der Waals surface area (Å²) < 4.78 is 5.11. The summed E-state index contributed by atoms with van der Waals surface area (Å²) in [5, 5.41) is 5.66. The number of hydrogen-bond acceptors (Lipinski definition) is 4. The van der Waals surface area contributed by atoms with Gasteiger partial charge in [0.05, 0.1) is 7.11 Å². The molecule has 0 bridgehead atoms. The molecule has 0 heterocycles.